The molecule has 0 spiro atoms. The number of aromatic nitrogens is 2. The van der Waals surface area contributed by atoms with Gasteiger partial charge in [-0.15, -0.1) is 0 Å². The Balaban J connectivity index is 1.43. The van der Waals surface area contributed by atoms with Crippen LogP contribution in [0.3, 0.4) is 0 Å². The summed E-state index contributed by atoms with van der Waals surface area (Å²) in [6.45, 7) is 6.56. The number of benzene rings is 2. The van der Waals surface area contributed by atoms with Crippen LogP contribution in [0.25, 0.3) is 0 Å². The molecule has 1 amide bonds. The van der Waals surface area contributed by atoms with Gasteiger partial charge in [-0.1, -0.05) is 17.7 Å². The van der Waals surface area contributed by atoms with Crippen molar-refractivity contribution >= 4 is 23.2 Å². The fourth-order valence-corrected chi connectivity index (χ4v) is 3.85. The van der Waals surface area contributed by atoms with Crippen molar-refractivity contribution < 1.29 is 14.3 Å². The van der Waals surface area contributed by atoms with E-state index in [1.807, 2.05) is 30.0 Å². The van der Waals surface area contributed by atoms with Gasteiger partial charge in [0, 0.05) is 43.5 Å². The first-order valence-electron chi connectivity index (χ1n) is 10.9. The van der Waals surface area contributed by atoms with Gasteiger partial charge in [0.1, 0.15) is 17.5 Å². The number of hydrogen-bond acceptors (Lipinski definition) is 7. The normalized spacial score (nSPS) is 13.6. The first-order valence-corrected chi connectivity index (χ1v) is 10.9. The summed E-state index contributed by atoms with van der Waals surface area (Å²) in [7, 11) is 3.14. The number of nitrogens with zero attached hydrogens (tertiary/aromatic N) is 4. The third kappa shape index (κ3) is 5.16. The zero-order valence-electron chi connectivity index (χ0n) is 19.5. The molecule has 0 unspecified atom stereocenters. The molecule has 172 valence electrons. The average molecular weight is 448 g/mol. The molecular weight excluding hydrogens is 418 g/mol. The summed E-state index contributed by atoms with van der Waals surface area (Å²) in [5, 5.41) is 3.36. The average Bonchev–Trinajstić information content (AvgIpc) is 2.84. The Morgan fingerprint density at radius 1 is 0.879 bits per heavy atom. The van der Waals surface area contributed by atoms with Gasteiger partial charge in [-0.05, 0) is 44.2 Å². The Hall–Kier alpha value is -3.81. The van der Waals surface area contributed by atoms with Crippen LogP contribution in [-0.4, -0.2) is 61.2 Å². The maximum atomic E-state index is 13.0. The standard InChI is InChI=1S/C25H29N5O3/c1-17-5-8-20(9-6-17)28-23-16-24(27-18(2)26-23)29-11-13-30(14-12-29)25(31)19-7-10-21(32-3)22(15-19)33-4/h5-10,15-16H,11-14H2,1-4H3,(H,26,27,28). The fraction of sp³-hybridized carbons (Fsp3) is 0.320. The van der Waals surface area contributed by atoms with Gasteiger partial charge in [0.15, 0.2) is 11.5 Å². The smallest absolute Gasteiger partial charge is 0.254 e. The number of carbonyl (C=O) groups is 1. The van der Waals surface area contributed by atoms with Crippen LogP contribution in [0.5, 0.6) is 11.5 Å². The molecular formula is C25H29N5O3. The van der Waals surface area contributed by atoms with Gasteiger partial charge in [0.25, 0.3) is 5.91 Å². The molecule has 0 radical (unpaired) electrons. The largest absolute Gasteiger partial charge is 0.493 e. The predicted octanol–water partition coefficient (Wildman–Crippen LogP) is 3.82. The van der Waals surface area contributed by atoms with E-state index in [0.717, 1.165) is 17.3 Å². The summed E-state index contributed by atoms with van der Waals surface area (Å²) in [4.78, 5) is 26.2. The summed E-state index contributed by atoms with van der Waals surface area (Å²) in [6.07, 6.45) is 0. The highest BCUT2D eigenvalue weighted by atomic mass is 16.5. The lowest BCUT2D eigenvalue weighted by molar-refractivity contribution is 0.0746. The van der Waals surface area contributed by atoms with Crippen LogP contribution in [0.1, 0.15) is 21.7 Å². The zero-order chi connectivity index (χ0) is 23.4. The molecule has 0 atom stereocenters. The molecule has 2 heterocycles. The summed E-state index contributed by atoms with van der Waals surface area (Å²) in [5.41, 5.74) is 2.78. The lowest BCUT2D eigenvalue weighted by Crippen LogP contribution is -2.49. The summed E-state index contributed by atoms with van der Waals surface area (Å²) >= 11 is 0. The molecule has 8 nitrogen and oxygen atoms in total. The van der Waals surface area contributed by atoms with Crippen LogP contribution < -0.4 is 19.7 Å². The van der Waals surface area contributed by atoms with E-state index in [0.29, 0.717) is 49.1 Å². The highest BCUT2D eigenvalue weighted by molar-refractivity contribution is 5.95. The number of rotatable bonds is 6. The molecule has 0 aliphatic carbocycles. The Labute approximate surface area is 194 Å². The fourth-order valence-electron chi connectivity index (χ4n) is 3.85. The Morgan fingerprint density at radius 3 is 2.24 bits per heavy atom. The number of anilines is 3. The second-order valence-corrected chi connectivity index (χ2v) is 8.00. The van der Waals surface area contributed by atoms with Crippen molar-refractivity contribution in [1.82, 2.24) is 14.9 Å². The minimum atomic E-state index is -0.0174. The highest BCUT2D eigenvalue weighted by Gasteiger charge is 2.24. The van der Waals surface area contributed by atoms with Gasteiger partial charge in [-0.2, -0.15) is 0 Å². The third-order valence-corrected chi connectivity index (χ3v) is 5.67. The molecule has 2 aromatic carbocycles. The van der Waals surface area contributed by atoms with Crippen LogP contribution in [0, 0.1) is 13.8 Å². The zero-order valence-corrected chi connectivity index (χ0v) is 19.5. The minimum Gasteiger partial charge on any atom is -0.493 e. The number of piperazine rings is 1. The van der Waals surface area contributed by atoms with E-state index < -0.39 is 0 Å². The second kappa shape index (κ2) is 9.77. The van der Waals surface area contributed by atoms with Crippen molar-refractivity contribution in [2.24, 2.45) is 0 Å². The molecule has 1 aromatic heterocycles. The van der Waals surface area contributed by atoms with E-state index in [1.54, 1.807) is 32.4 Å². The Bertz CT molecular complexity index is 1130. The topological polar surface area (TPSA) is 79.8 Å². The van der Waals surface area contributed by atoms with E-state index in [1.165, 1.54) is 5.56 Å². The number of carbonyl (C=O) groups excluding carboxylic acids is 1. The molecule has 0 saturated carbocycles. The van der Waals surface area contributed by atoms with Crippen molar-refractivity contribution in [3.8, 4) is 11.5 Å². The molecule has 1 aliphatic heterocycles. The predicted molar refractivity (Wildman–Crippen MR) is 129 cm³/mol. The number of amides is 1. The molecule has 1 aliphatic rings. The van der Waals surface area contributed by atoms with Crippen molar-refractivity contribution in [2.45, 2.75) is 13.8 Å². The van der Waals surface area contributed by atoms with Gasteiger partial charge in [-0.25, -0.2) is 9.97 Å². The number of ether oxygens (including phenoxy) is 2. The van der Waals surface area contributed by atoms with Gasteiger partial charge in [0.2, 0.25) is 0 Å². The SMILES string of the molecule is COc1ccc(C(=O)N2CCN(c3cc(Nc4ccc(C)cc4)nc(C)n3)CC2)cc1OC. The Morgan fingerprint density at radius 2 is 1.58 bits per heavy atom. The number of hydrogen-bond donors (Lipinski definition) is 1. The van der Waals surface area contributed by atoms with E-state index in [4.69, 9.17) is 9.47 Å². The number of nitrogens with one attached hydrogen (secondary N) is 1. The van der Waals surface area contributed by atoms with Crippen LogP contribution in [-0.2, 0) is 0 Å². The summed E-state index contributed by atoms with van der Waals surface area (Å²) in [6, 6.07) is 15.4. The lowest BCUT2D eigenvalue weighted by Gasteiger charge is -2.35. The van der Waals surface area contributed by atoms with Gasteiger partial charge < -0.3 is 24.6 Å². The quantitative estimate of drug-likeness (QED) is 0.615. The second-order valence-electron chi connectivity index (χ2n) is 8.00. The van der Waals surface area contributed by atoms with Crippen LogP contribution in [0.2, 0.25) is 0 Å². The van der Waals surface area contributed by atoms with Crippen molar-refractivity contribution in [1.29, 1.82) is 0 Å². The monoisotopic (exact) mass is 447 g/mol. The summed E-state index contributed by atoms with van der Waals surface area (Å²) in [5.74, 6) is 3.45. The first kappa shape index (κ1) is 22.4. The van der Waals surface area contributed by atoms with E-state index in [2.05, 4.69) is 39.2 Å². The van der Waals surface area contributed by atoms with E-state index in [-0.39, 0.29) is 5.91 Å². The van der Waals surface area contributed by atoms with Gasteiger partial charge in [-0.3, -0.25) is 4.79 Å². The third-order valence-electron chi connectivity index (χ3n) is 5.67. The van der Waals surface area contributed by atoms with Crippen LogP contribution in [0.4, 0.5) is 17.3 Å². The maximum absolute atomic E-state index is 13.0. The maximum Gasteiger partial charge on any atom is 0.254 e. The molecule has 3 aromatic rings. The first-order chi connectivity index (χ1) is 16.0. The number of aryl methyl sites for hydroxylation is 2. The molecule has 1 N–H and O–H groups in total. The molecule has 0 bridgehead atoms. The number of methoxy groups -OCH3 is 2. The molecule has 1 saturated heterocycles. The van der Waals surface area contributed by atoms with E-state index >= 15 is 0 Å². The minimum absolute atomic E-state index is 0.0174. The molecule has 8 heteroatoms. The van der Waals surface area contributed by atoms with Crippen LogP contribution >= 0.6 is 0 Å². The van der Waals surface area contributed by atoms with Crippen molar-refractivity contribution in [2.75, 3.05) is 50.6 Å². The Kier molecular flexibility index (Phi) is 6.63. The van der Waals surface area contributed by atoms with Gasteiger partial charge >= 0.3 is 0 Å². The highest BCUT2D eigenvalue weighted by Crippen LogP contribution is 2.28. The van der Waals surface area contributed by atoms with Crippen molar-refractivity contribution in [3.05, 3.63) is 65.5 Å². The summed E-state index contributed by atoms with van der Waals surface area (Å²) < 4.78 is 10.6. The molecule has 33 heavy (non-hydrogen) atoms. The molecule has 4 rings (SSSR count). The van der Waals surface area contributed by atoms with E-state index in [9.17, 15) is 4.79 Å². The lowest BCUT2D eigenvalue weighted by atomic mass is 10.1. The van der Waals surface area contributed by atoms with Crippen molar-refractivity contribution in [3.63, 3.8) is 0 Å². The van der Waals surface area contributed by atoms with Crippen LogP contribution in [0.15, 0.2) is 48.5 Å². The van der Waals surface area contributed by atoms with Gasteiger partial charge in [0.05, 0.1) is 14.2 Å². The molecule has 1 fully saturated rings.